The predicted octanol–water partition coefficient (Wildman–Crippen LogP) is 0.184. The van der Waals surface area contributed by atoms with Gasteiger partial charge in [-0.05, 0) is 56.7 Å². The van der Waals surface area contributed by atoms with E-state index in [2.05, 4.69) is 5.32 Å². The van der Waals surface area contributed by atoms with Crippen molar-refractivity contribution in [2.75, 3.05) is 13.1 Å². The molecular formula is C28H45N7O5. The average Bonchev–Trinajstić information content (AvgIpc) is 3.38. The molecule has 1 aliphatic rings. The van der Waals surface area contributed by atoms with Crippen LogP contribution in [-0.4, -0.2) is 76.7 Å². The Labute approximate surface area is 236 Å². The lowest BCUT2D eigenvalue weighted by atomic mass is 9.93. The molecule has 1 saturated heterocycles. The van der Waals surface area contributed by atoms with Gasteiger partial charge < -0.3 is 37.9 Å². The Bertz CT molecular complexity index is 1020. The van der Waals surface area contributed by atoms with Crippen LogP contribution >= 0.6 is 0 Å². The first-order valence-corrected chi connectivity index (χ1v) is 14.0. The zero-order chi connectivity index (χ0) is 29.9. The maximum atomic E-state index is 14.0. The van der Waals surface area contributed by atoms with Crippen LogP contribution < -0.4 is 28.3 Å². The van der Waals surface area contributed by atoms with Gasteiger partial charge in [0, 0.05) is 12.1 Å². The Morgan fingerprint density at radius 3 is 2.38 bits per heavy atom. The number of nitrogens with two attached hydrogens (primary N) is 4. The summed E-state index contributed by atoms with van der Waals surface area (Å²) in [6, 6.07) is 6.40. The van der Waals surface area contributed by atoms with E-state index in [1.165, 1.54) is 17.0 Å². The summed E-state index contributed by atoms with van der Waals surface area (Å²) in [7, 11) is 0. The standard InChI is InChI=1S/C28H45N7O5/c1-19(2)17-28(32,35(24(37)16-23(30)31)25(38)20-10-5-3-6-11-20)27(40)33-22(13-7-4-8-14-29)26(39)34-15-9-12-21(34)18-36/h3,5-6,10-11,18-19,21-23H,4,7-9,12-17,29-32H2,1-2H3,(H,33,40)/t21-,22-,28-/m0/s1. The third kappa shape index (κ3) is 8.65. The number of rotatable bonds is 15. The first-order chi connectivity index (χ1) is 19.0. The first-order valence-electron chi connectivity index (χ1n) is 14.0. The summed E-state index contributed by atoms with van der Waals surface area (Å²) in [6.07, 6.45) is 2.69. The molecule has 222 valence electrons. The molecule has 0 aromatic heterocycles. The summed E-state index contributed by atoms with van der Waals surface area (Å²) in [5.74, 6) is -3.08. The van der Waals surface area contributed by atoms with E-state index in [0.717, 1.165) is 24.0 Å². The third-order valence-electron chi connectivity index (χ3n) is 6.93. The van der Waals surface area contributed by atoms with Gasteiger partial charge in [0.1, 0.15) is 12.3 Å². The molecule has 1 heterocycles. The van der Waals surface area contributed by atoms with Crippen LogP contribution in [0, 0.1) is 5.92 Å². The molecule has 0 unspecified atom stereocenters. The summed E-state index contributed by atoms with van der Waals surface area (Å²) in [6.45, 7) is 4.48. The summed E-state index contributed by atoms with van der Waals surface area (Å²) < 4.78 is 0. The number of carbonyl (C=O) groups excluding carboxylic acids is 5. The van der Waals surface area contributed by atoms with Crippen LogP contribution in [0.4, 0.5) is 0 Å². The molecule has 1 aromatic rings. The van der Waals surface area contributed by atoms with Crippen LogP contribution in [0.5, 0.6) is 0 Å². The molecule has 1 aliphatic heterocycles. The SMILES string of the molecule is CC(C)C[C@@](N)(C(=O)N[C@@H](CCCCCN)C(=O)N1CCC[C@H]1C=O)N(C(=O)CC(N)N)C(=O)c1ccccc1. The average molecular weight is 560 g/mol. The molecule has 4 amide bonds. The fourth-order valence-electron chi connectivity index (χ4n) is 5.05. The molecule has 0 radical (unpaired) electrons. The number of amides is 4. The first kappa shape index (κ1) is 33.0. The van der Waals surface area contributed by atoms with Crippen molar-refractivity contribution in [3.05, 3.63) is 35.9 Å². The number of likely N-dealkylation sites (tertiary alicyclic amines) is 1. The Balaban J connectivity index is 2.49. The summed E-state index contributed by atoms with van der Waals surface area (Å²) in [5, 5.41) is 2.75. The van der Waals surface area contributed by atoms with E-state index in [1.807, 2.05) is 0 Å². The van der Waals surface area contributed by atoms with Gasteiger partial charge in [-0.3, -0.25) is 24.1 Å². The zero-order valence-electron chi connectivity index (χ0n) is 23.6. The Hall–Kier alpha value is -3.19. The van der Waals surface area contributed by atoms with Gasteiger partial charge in [0.05, 0.1) is 18.6 Å². The maximum absolute atomic E-state index is 14.0. The van der Waals surface area contributed by atoms with E-state index in [9.17, 15) is 24.0 Å². The monoisotopic (exact) mass is 559 g/mol. The quantitative estimate of drug-likeness (QED) is 0.113. The van der Waals surface area contributed by atoms with Crippen molar-refractivity contribution < 1.29 is 24.0 Å². The third-order valence-corrected chi connectivity index (χ3v) is 6.93. The fourth-order valence-corrected chi connectivity index (χ4v) is 5.05. The highest BCUT2D eigenvalue weighted by atomic mass is 16.2. The summed E-state index contributed by atoms with van der Waals surface area (Å²) in [5.41, 5.74) is 21.7. The van der Waals surface area contributed by atoms with Crippen molar-refractivity contribution in [3.63, 3.8) is 0 Å². The van der Waals surface area contributed by atoms with E-state index in [4.69, 9.17) is 22.9 Å². The summed E-state index contributed by atoms with van der Waals surface area (Å²) in [4.78, 5) is 68.5. The molecule has 0 bridgehead atoms. The number of nitrogens with zero attached hydrogens (tertiary/aromatic N) is 2. The minimum absolute atomic E-state index is 0.0856. The van der Waals surface area contributed by atoms with Gasteiger partial charge in [0.25, 0.3) is 11.8 Å². The van der Waals surface area contributed by atoms with E-state index in [0.29, 0.717) is 32.4 Å². The Kier molecular flexibility index (Phi) is 12.8. The van der Waals surface area contributed by atoms with Crippen molar-refractivity contribution in [1.82, 2.24) is 15.1 Å². The van der Waals surface area contributed by atoms with E-state index in [-0.39, 0.29) is 24.3 Å². The summed E-state index contributed by atoms with van der Waals surface area (Å²) >= 11 is 0. The van der Waals surface area contributed by atoms with Crippen molar-refractivity contribution in [2.45, 2.75) is 89.1 Å². The number of aldehydes is 1. The number of hydrogen-bond donors (Lipinski definition) is 5. The molecule has 9 N–H and O–H groups in total. The molecule has 3 atom stereocenters. The number of hydrogen-bond acceptors (Lipinski definition) is 9. The lowest BCUT2D eigenvalue weighted by molar-refractivity contribution is -0.147. The van der Waals surface area contributed by atoms with Crippen LogP contribution in [0.3, 0.4) is 0 Å². The van der Waals surface area contributed by atoms with Crippen molar-refractivity contribution in [3.8, 4) is 0 Å². The van der Waals surface area contributed by atoms with Gasteiger partial charge in [-0.25, -0.2) is 0 Å². The normalized spacial score (nSPS) is 17.4. The van der Waals surface area contributed by atoms with Gasteiger partial charge in [0.2, 0.25) is 11.8 Å². The number of imide groups is 1. The number of carbonyl (C=O) groups is 5. The zero-order valence-corrected chi connectivity index (χ0v) is 23.6. The molecule has 0 saturated carbocycles. The highest BCUT2D eigenvalue weighted by Gasteiger charge is 2.48. The second-order valence-electron chi connectivity index (χ2n) is 10.8. The van der Waals surface area contributed by atoms with Gasteiger partial charge in [0.15, 0.2) is 5.66 Å². The molecule has 2 rings (SSSR count). The van der Waals surface area contributed by atoms with Gasteiger partial charge in [-0.2, -0.15) is 0 Å². The largest absolute Gasteiger partial charge is 0.341 e. The maximum Gasteiger partial charge on any atom is 0.262 e. The molecular weight excluding hydrogens is 514 g/mol. The molecule has 12 heteroatoms. The smallest absolute Gasteiger partial charge is 0.262 e. The van der Waals surface area contributed by atoms with Crippen LogP contribution in [0.1, 0.15) is 75.6 Å². The topological polar surface area (TPSA) is 208 Å². The number of nitrogens with one attached hydrogen (secondary N) is 1. The van der Waals surface area contributed by atoms with Crippen molar-refractivity contribution in [1.29, 1.82) is 0 Å². The molecule has 0 aliphatic carbocycles. The van der Waals surface area contributed by atoms with Gasteiger partial charge in [-0.1, -0.05) is 44.9 Å². The van der Waals surface area contributed by atoms with E-state index in [1.54, 1.807) is 32.0 Å². The fraction of sp³-hybridized carbons (Fsp3) is 0.607. The van der Waals surface area contributed by atoms with Crippen molar-refractivity contribution in [2.24, 2.45) is 28.9 Å². The van der Waals surface area contributed by atoms with Crippen LogP contribution in [0.2, 0.25) is 0 Å². The number of benzene rings is 1. The number of unbranched alkanes of at least 4 members (excludes halogenated alkanes) is 2. The second-order valence-corrected chi connectivity index (χ2v) is 10.8. The Morgan fingerprint density at radius 2 is 1.80 bits per heavy atom. The predicted molar refractivity (Wildman–Crippen MR) is 151 cm³/mol. The second kappa shape index (κ2) is 15.6. The van der Waals surface area contributed by atoms with Crippen LogP contribution in [0.25, 0.3) is 0 Å². The molecule has 0 spiro atoms. The van der Waals surface area contributed by atoms with Gasteiger partial charge >= 0.3 is 0 Å². The molecule has 40 heavy (non-hydrogen) atoms. The lowest BCUT2D eigenvalue weighted by Gasteiger charge is -2.40. The van der Waals surface area contributed by atoms with E-state index >= 15 is 0 Å². The molecule has 1 aromatic carbocycles. The lowest BCUT2D eigenvalue weighted by Crippen LogP contribution is -2.70. The highest BCUT2D eigenvalue weighted by molar-refractivity contribution is 6.09. The van der Waals surface area contributed by atoms with Crippen LogP contribution in [-0.2, 0) is 19.2 Å². The van der Waals surface area contributed by atoms with Crippen LogP contribution in [0.15, 0.2) is 30.3 Å². The highest BCUT2D eigenvalue weighted by Crippen LogP contribution is 2.25. The molecule has 12 nitrogen and oxygen atoms in total. The van der Waals surface area contributed by atoms with Gasteiger partial charge in [-0.15, -0.1) is 0 Å². The minimum atomic E-state index is -2.15. The van der Waals surface area contributed by atoms with Crippen molar-refractivity contribution >= 4 is 29.9 Å². The van der Waals surface area contributed by atoms with E-state index < -0.39 is 54.0 Å². The molecule has 1 fully saturated rings. The minimum Gasteiger partial charge on any atom is -0.341 e. The Morgan fingerprint density at radius 1 is 1.12 bits per heavy atom.